The first-order chi connectivity index (χ1) is 68.6. The Labute approximate surface area is 858 Å². The lowest BCUT2D eigenvalue weighted by Gasteiger charge is -2.37. The summed E-state index contributed by atoms with van der Waals surface area (Å²) in [6.45, 7) is 71.1. The van der Waals surface area contributed by atoms with Crippen LogP contribution in [0.2, 0.25) is 25.2 Å². The second-order valence-corrected chi connectivity index (χ2v) is 56.1. The highest BCUT2D eigenvalue weighted by molar-refractivity contribution is 7.45. The second-order valence-electron chi connectivity index (χ2n) is 42.0. The van der Waals surface area contributed by atoms with Crippen LogP contribution in [-0.4, -0.2) is 225 Å². The fourth-order valence-electron chi connectivity index (χ4n) is 21.1. The third kappa shape index (κ3) is 27.2. The first kappa shape index (κ1) is 113. The second kappa shape index (κ2) is 51.2. The molecule has 6 aromatic rings. The minimum Gasteiger partial charge on any atom is -0.352 e. The lowest BCUT2D eigenvalue weighted by Crippen LogP contribution is -2.58. The molecule has 784 valence electrons. The lowest BCUT2D eigenvalue weighted by atomic mass is 10.0. The average molecular weight is 2090 g/mol. The van der Waals surface area contributed by atoms with Crippen molar-refractivity contribution in [2.45, 2.75) is 337 Å². The number of carbonyl (C=O) groups is 2. The minimum absolute atomic E-state index is 0.0979. The lowest BCUT2D eigenvalue weighted by molar-refractivity contribution is -0.119. The number of amides is 2. The van der Waals surface area contributed by atoms with E-state index in [4.69, 9.17) is 68.3 Å². The Morgan fingerprint density at radius 3 is 1.05 bits per heavy atom. The number of aromatic nitrogens is 4. The summed E-state index contributed by atoms with van der Waals surface area (Å²) < 4.78 is 90.8. The van der Waals surface area contributed by atoms with Gasteiger partial charge >= 0.3 is 11.4 Å². The summed E-state index contributed by atoms with van der Waals surface area (Å²) in [5, 5.41) is 11.3. The molecule has 4 aromatic carbocycles. The maximum atomic E-state index is 12.6. The summed E-state index contributed by atoms with van der Waals surface area (Å²) in [5.74, 6) is 1.58. The number of nitrogens with zero attached hydrogens (tertiary/aromatic N) is 10. The van der Waals surface area contributed by atoms with E-state index in [1.165, 1.54) is 29.9 Å². The number of H-pyrrole nitrogens is 2. The molecule has 32 nitrogen and oxygen atoms in total. The summed E-state index contributed by atoms with van der Waals surface area (Å²) >= 11 is 0. The Morgan fingerprint density at radius 1 is 0.451 bits per heavy atom. The molecule has 16 rings (SSSR count). The zero-order chi connectivity index (χ0) is 104. The van der Waals surface area contributed by atoms with Crippen LogP contribution in [0.25, 0.3) is 9.69 Å². The maximum Gasteiger partial charge on any atom is 0.330 e. The van der Waals surface area contributed by atoms with Crippen molar-refractivity contribution in [2.75, 3.05) is 39.4 Å². The van der Waals surface area contributed by atoms with Crippen LogP contribution in [0, 0.1) is 50.7 Å². The zero-order valence-corrected chi connectivity index (χ0v) is 93.6. The van der Waals surface area contributed by atoms with Gasteiger partial charge in [0.25, 0.3) is 57.0 Å². The number of aromatic amines is 2. The molecule has 0 radical (unpaired) electrons. The number of carbonyl (C=O) groups excluding carboxylic acids is 2. The van der Waals surface area contributed by atoms with Gasteiger partial charge in [0.15, 0.2) is 0 Å². The van der Waals surface area contributed by atoms with E-state index in [2.05, 4.69) is 307 Å². The fourth-order valence-corrected chi connectivity index (χ4v) is 36.5. The third-order valence-corrected chi connectivity index (χ3v) is 45.3. The predicted octanol–water partition coefficient (Wildman–Crippen LogP) is 16.8. The molecular weight excluding hydrogens is 1940 g/mol. The number of aryl methyl sites for hydroxylation is 2. The van der Waals surface area contributed by atoms with E-state index >= 15 is 0 Å². The standard InChI is InChI=1S/2C31H40N3O5PSi.2C22H37N4O4P/c2*1-21(2)29-26(18-28(37-29)33-19-22(3)30(35)32-31(33)36)38-40-34-17-11-16-25(34)27(39-40)20-41(4,23-12-7-5-8-13-23)24-14-9-6-10-15-24;2*1-14(2)21-19(12-20(29-21)25-13-17(7)22(27)24-18(25)8)30-31(28-11-10-23-9)26(15(3)4)16(5)6/h2*5-10,12-15,19,21,25-29H,11,16-18,20H2,1-4H3,(H,32,35,36);2*13-16,19-21H,8,10-12H2,1-7H3,(H,24,27)/t25-,26+,27+,28+,29+,40?;25-,26-,27+,28-,29-,40-;2*19-,20-,21-,31?/m0111/s1. The van der Waals surface area contributed by atoms with Gasteiger partial charge in [-0.1, -0.05) is 224 Å². The number of nitrogens with one attached hydrogen (secondary N) is 4. The molecule has 8 saturated heterocycles. The van der Waals surface area contributed by atoms with Crippen LogP contribution in [-0.2, 0) is 64.7 Å². The highest BCUT2D eigenvalue weighted by Gasteiger charge is 2.56. The van der Waals surface area contributed by atoms with Gasteiger partial charge in [-0.25, -0.2) is 41.4 Å². The number of ether oxygens (including phenoxy) is 4. The normalized spacial score (nSPS) is 27.1. The maximum absolute atomic E-state index is 12.6. The Bertz CT molecular complexity index is 5260. The molecule has 20 atom stereocenters. The number of fused-ring (bicyclic) bond motifs is 2. The van der Waals surface area contributed by atoms with Crippen molar-refractivity contribution in [1.29, 1.82) is 0 Å². The van der Waals surface area contributed by atoms with Crippen LogP contribution in [0.3, 0.4) is 0 Å². The van der Waals surface area contributed by atoms with Crippen LogP contribution in [0.5, 0.6) is 0 Å². The van der Waals surface area contributed by atoms with Gasteiger partial charge in [-0.15, -0.1) is 0 Å². The molecule has 2 aromatic heterocycles. The Hall–Kier alpha value is -7.77. The first-order valence-corrected chi connectivity index (χ1v) is 61.2. The van der Waals surface area contributed by atoms with E-state index in [-0.39, 0.29) is 144 Å². The number of rotatable bonds is 36. The van der Waals surface area contributed by atoms with Crippen molar-refractivity contribution >= 4 is 82.8 Å². The molecule has 38 heteroatoms. The number of hydrogen-bond acceptors (Lipinski definition) is 24. The molecule has 3 unspecified atom stereocenters. The van der Waals surface area contributed by atoms with E-state index < -0.39 is 74.1 Å². The van der Waals surface area contributed by atoms with Gasteiger partial charge in [0.2, 0.25) is 13.1 Å². The van der Waals surface area contributed by atoms with Gasteiger partial charge < -0.3 is 85.3 Å². The van der Waals surface area contributed by atoms with E-state index in [0.29, 0.717) is 98.0 Å². The van der Waals surface area contributed by atoms with Crippen molar-refractivity contribution in [2.24, 2.45) is 23.7 Å². The number of hydrogen-bond donors (Lipinski definition) is 4. The highest BCUT2D eigenvalue weighted by atomic mass is 31.2. The monoisotopic (exact) mass is 2090 g/mol. The van der Waals surface area contributed by atoms with Crippen molar-refractivity contribution in [3.63, 3.8) is 0 Å². The summed E-state index contributed by atoms with van der Waals surface area (Å²) in [6, 6.07) is 47.4. The van der Waals surface area contributed by atoms with Crippen LogP contribution >= 0.6 is 34.1 Å². The molecule has 0 bridgehead atoms. The quantitative estimate of drug-likeness (QED) is 0.0123. The van der Waals surface area contributed by atoms with Crippen molar-refractivity contribution < 1.29 is 64.7 Å². The van der Waals surface area contributed by atoms with Crippen molar-refractivity contribution in [3.05, 3.63) is 258 Å². The predicted molar refractivity (Wildman–Crippen MR) is 573 cm³/mol. The molecule has 4 N–H and O–H groups in total. The fraction of sp³-hybridized carbons (Fsp3) is 0.585. The first-order valence-electron chi connectivity index (χ1n) is 51.3. The Balaban J connectivity index is 0.000000163. The molecule has 10 aliphatic heterocycles. The molecule has 8 fully saturated rings. The van der Waals surface area contributed by atoms with E-state index in [0.717, 1.165) is 50.9 Å². The largest absolute Gasteiger partial charge is 0.352 e. The number of benzene rings is 4. The minimum atomic E-state index is -2.09. The van der Waals surface area contributed by atoms with Crippen LogP contribution in [0.4, 0.5) is 0 Å². The van der Waals surface area contributed by atoms with Gasteiger partial charge in [-0.3, -0.25) is 38.3 Å². The van der Waals surface area contributed by atoms with Gasteiger partial charge in [-0.2, -0.15) is 0 Å². The van der Waals surface area contributed by atoms with Crippen LogP contribution in [0.1, 0.15) is 200 Å². The molecule has 0 saturated carbocycles. The average Bonchev–Trinajstić information content (AvgIpc) is 1.61. The zero-order valence-electron chi connectivity index (χ0n) is 88.1. The van der Waals surface area contributed by atoms with E-state index in [1.54, 1.807) is 52.5 Å². The van der Waals surface area contributed by atoms with Gasteiger partial charge in [0, 0.05) is 122 Å². The van der Waals surface area contributed by atoms with Gasteiger partial charge in [0.05, 0.1) is 61.0 Å². The van der Waals surface area contributed by atoms with E-state index in [9.17, 15) is 28.8 Å². The van der Waals surface area contributed by atoms with Crippen LogP contribution in [0.15, 0.2) is 201 Å². The molecular formula is C106H154N14O18P4Si2. The summed E-state index contributed by atoms with van der Waals surface area (Å²) in [6.07, 6.45) is 10.8. The summed E-state index contributed by atoms with van der Waals surface area (Å²) in [4.78, 5) is 88.3. The molecule has 2 amide bonds. The van der Waals surface area contributed by atoms with Crippen LogP contribution < -0.4 is 53.9 Å². The van der Waals surface area contributed by atoms with Gasteiger partial charge in [0.1, 0.15) is 65.9 Å². The summed E-state index contributed by atoms with van der Waals surface area (Å²) in [5.41, 5.74) is 0.530. The Kier molecular flexibility index (Phi) is 40.3. The van der Waals surface area contributed by atoms with Crippen molar-refractivity contribution in [1.82, 2.24) is 58.2 Å². The highest BCUT2D eigenvalue weighted by Crippen LogP contribution is 2.62. The Morgan fingerprint density at radius 2 is 0.750 bits per heavy atom. The SMILES string of the molecule is Cc1cn([C@H]2C[C@@H](OP3O[C@H](C[Si](C)(c4ccccc4)c4ccccc4)[C@@H]4CCCN43)[C@@H](C(C)C)O2)c(=O)[nH]c1=O.Cc1cn([C@H]2C[C@@H](O[P@]3O[C@@H](C[Si](C)(c4ccccc4)c4ccccc4)[C@H]4CCCN43)[C@@H](C(C)C)O2)c(=O)[nH]c1=O.[C-]#[N+]CCOP(O[C@@H]1C[C@H](N2C=C(C)C(=O)NC2=C)O[C@@H]1C(C)C)N(C(C)C)C(C)C.[C-]#[N+]CCOP(O[C@@H]1C[C@H](N2C=C(C)C(=O)NC2=C)O[C@@H]1C(C)C)N(C(C)C)C(C)C. The topological polar surface area (TPSA) is 307 Å². The van der Waals surface area contributed by atoms with E-state index in [1.807, 2.05) is 9.80 Å². The third-order valence-electron chi connectivity index (χ3n) is 28.5. The van der Waals surface area contributed by atoms with Crippen molar-refractivity contribution in [3.8, 4) is 0 Å². The van der Waals surface area contributed by atoms with Gasteiger partial charge in [-0.05, 0) is 145 Å². The summed E-state index contributed by atoms with van der Waals surface area (Å²) in [7, 11) is -9.41. The molecule has 144 heavy (non-hydrogen) atoms. The smallest absolute Gasteiger partial charge is 0.330 e. The molecule has 0 aliphatic carbocycles. The molecule has 0 spiro atoms. The molecule has 10 aliphatic rings. The molecule has 12 heterocycles.